The van der Waals surface area contributed by atoms with E-state index in [4.69, 9.17) is 4.74 Å². The van der Waals surface area contributed by atoms with Crippen LogP contribution >= 0.6 is 0 Å². The zero-order chi connectivity index (χ0) is 14.8. The Balaban J connectivity index is 1.97. The Bertz CT molecular complexity index is 577. The third kappa shape index (κ3) is 2.92. The molecule has 110 valence electrons. The molecule has 0 radical (unpaired) electrons. The number of rotatable bonds is 5. The number of hydrogen-bond donors (Lipinski definition) is 0. The number of likely N-dealkylation sites (tertiary alicyclic amines) is 1. The van der Waals surface area contributed by atoms with E-state index in [1.54, 1.807) is 19.1 Å². The third-order valence-electron chi connectivity index (χ3n) is 3.32. The standard InChI is InChI=1S/C13H18N2O4S/c1-3-19-12-6-5-10(7-14-12)13(16)15-8-11(9-15)20(17,18)4-2/h5-7,11H,3-4,8-9H2,1-2H3. The van der Waals surface area contributed by atoms with E-state index in [1.165, 1.54) is 11.1 Å². The second-order valence-electron chi connectivity index (χ2n) is 4.60. The fraction of sp³-hybridized carbons (Fsp3) is 0.538. The highest BCUT2D eigenvalue weighted by molar-refractivity contribution is 7.92. The van der Waals surface area contributed by atoms with E-state index in [9.17, 15) is 13.2 Å². The van der Waals surface area contributed by atoms with Crippen molar-refractivity contribution in [2.75, 3.05) is 25.4 Å². The van der Waals surface area contributed by atoms with Gasteiger partial charge >= 0.3 is 0 Å². The smallest absolute Gasteiger partial charge is 0.255 e. The summed E-state index contributed by atoms with van der Waals surface area (Å²) < 4.78 is 28.5. The molecular weight excluding hydrogens is 280 g/mol. The molecule has 0 N–H and O–H groups in total. The first-order valence-electron chi connectivity index (χ1n) is 6.57. The van der Waals surface area contributed by atoms with Gasteiger partial charge in [0.05, 0.1) is 17.4 Å². The number of amides is 1. The first kappa shape index (κ1) is 14.8. The minimum atomic E-state index is -3.05. The molecule has 0 aromatic carbocycles. The van der Waals surface area contributed by atoms with Crippen LogP contribution in [0.25, 0.3) is 0 Å². The number of carbonyl (C=O) groups excluding carboxylic acids is 1. The van der Waals surface area contributed by atoms with Crippen LogP contribution in [0.1, 0.15) is 24.2 Å². The molecule has 20 heavy (non-hydrogen) atoms. The summed E-state index contributed by atoms with van der Waals surface area (Å²) in [6.07, 6.45) is 1.45. The average molecular weight is 298 g/mol. The monoisotopic (exact) mass is 298 g/mol. The van der Waals surface area contributed by atoms with Gasteiger partial charge < -0.3 is 9.64 Å². The summed E-state index contributed by atoms with van der Waals surface area (Å²) in [4.78, 5) is 17.7. The van der Waals surface area contributed by atoms with Crippen molar-refractivity contribution < 1.29 is 17.9 Å². The number of hydrogen-bond acceptors (Lipinski definition) is 5. The molecule has 0 bridgehead atoms. The van der Waals surface area contributed by atoms with Crippen molar-refractivity contribution >= 4 is 15.7 Å². The summed E-state index contributed by atoms with van der Waals surface area (Å²) in [6.45, 7) is 4.53. The van der Waals surface area contributed by atoms with Crippen LogP contribution in [0, 0.1) is 0 Å². The SMILES string of the molecule is CCOc1ccc(C(=O)N2CC(S(=O)(=O)CC)C2)cn1. The highest BCUT2D eigenvalue weighted by Gasteiger charge is 2.38. The van der Waals surface area contributed by atoms with Crippen LogP contribution in [-0.4, -0.2) is 54.9 Å². The van der Waals surface area contributed by atoms with Crippen molar-refractivity contribution in [2.45, 2.75) is 19.1 Å². The molecule has 0 saturated carbocycles. The maximum Gasteiger partial charge on any atom is 0.255 e. The molecule has 1 amide bonds. The molecule has 1 aromatic rings. The lowest BCUT2D eigenvalue weighted by Crippen LogP contribution is -2.57. The summed E-state index contributed by atoms with van der Waals surface area (Å²) in [5, 5.41) is -0.424. The molecule has 2 heterocycles. The third-order valence-corrected chi connectivity index (χ3v) is 5.44. The van der Waals surface area contributed by atoms with Gasteiger partial charge in [0.25, 0.3) is 5.91 Å². The molecular formula is C13H18N2O4S. The van der Waals surface area contributed by atoms with E-state index in [2.05, 4.69) is 4.98 Å². The summed E-state index contributed by atoms with van der Waals surface area (Å²) in [5.41, 5.74) is 0.445. The molecule has 1 aliphatic rings. The Morgan fingerprint density at radius 3 is 2.60 bits per heavy atom. The predicted octanol–water partition coefficient (Wildman–Crippen LogP) is 0.739. The van der Waals surface area contributed by atoms with Crippen LogP contribution in [-0.2, 0) is 9.84 Å². The fourth-order valence-corrected chi connectivity index (χ4v) is 3.27. The van der Waals surface area contributed by atoms with Gasteiger partial charge in [-0.1, -0.05) is 6.92 Å². The number of pyridine rings is 1. The largest absolute Gasteiger partial charge is 0.478 e. The van der Waals surface area contributed by atoms with E-state index in [0.29, 0.717) is 18.1 Å². The minimum Gasteiger partial charge on any atom is -0.478 e. The molecule has 1 fully saturated rings. The summed E-state index contributed by atoms with van der Waals surface area (Å²) in [7, 11) is -3.05. The van der Waals surface area contributed by atoms with Crippen LogP contribution in [0.5, 0.6) is 5.88 Å². The molecule has 0 atom stereocenters. The minimum absolute atomic E-state index is 0.115. The van der Waals surface area contributed by atoms with E-state index >= 15 is 0 Å². The number of aromatic nitrogens is 1. The van der Waals surface area contributed by atoms with Gasteiger partial charge in [-0.05, 0) is 13.0 Å². The van der Waals surface area contributed by atoms with Gasteiger partial charge in [-0.25, -0.2) is 13.4 Å². The Labute approximate surface area is 118 Å². The van der Waals surface area contributed by atoms with Gasteiger partial charge in [-0.3, -0.25) is 4.79 Å². The quantitative estimate of drug-likeness (QED) is 0.801. The predicted molar refractivity (Wildman–Crippen MR) is 74.6 cm³/mol. The Morgan fingerprint density at radius 1 is 1.40 bits per heavy atom. The van der Waals surface area contributed by atoms with Gasteiger partial charge in [0, 0.05) is 31.1 Å². The van der Waals surface area contributed by atoms with E-state index in [1.807, 2.05) is 6.92 Å². The normalized spacial score (nSPS) is 15.8. The lowest BCUT2D eigenvalue weighted by atomic mass is 10.1. The molecule has 2 rings (SSSR count). The van der Waals surface area contributed by atoms with Crippen LogP contribution < -0.4 is 4.74 Å². The second kappa shape index (κ2) is 5.78. The highest BCUT2D eigenvalue weighted by atomic mass is 32.2. The summed E-state index contributed by atoms with van der Waals surface area (Å²) in [5.74, 6) is 0.395. The lowest BCUT2D eigenvalue weighted by molar-refractivity contribution is 0.0658. The second-order valence-corrected chi connectivity index (χ2v) is 7.17. The van der Waals surface area contributed by atoms with Crippen molar-refractivity contribution in [3.8, 4) is 5.88 Å². The summed E-state index contributed by atoms with van der Waals surface area (Å²) >= 11 is 0. The molecule has 1 aromatic heterocycles. The van der Waals surface area contributed by atoms with Crippen molar-refractivity contribution in [3.63, 3.8) is 0 Å². The summed E-state index contributed by atoms with van der Waals surface area (Å²) in [6, 6.07) is 3.28. The highest BCUT2D eigenvalue weighted by Crippen LogP contribution is 2.20. The van der Waals surface area contributed by atoms with Crippen LogP contribution in [0.3, 0.4) is 0 Å². The molecule has 0 unspecified atom stereocenters. The zero-order valence-corrected chi connectivity index (χ0v) is 12.4. The topological polar surface area (TPSA) is 76.6 Å². The molecule has 1 aliphatic heterocycles. The van der Waals surface area contributed by atoms with Crippen molar-refractivity contribution in [1.29, 1.82) is 0 Å². The molecule has 0 aliphatic carbocycles. The van der Waals surface area contributed by atoms with Gasteiger partial charge in [0.1, 0.15) is 0 Å². The maximum atomic E-state index is 12.1. The Kier molecular flexibility index (Phi) is 4.27. The van der Waals surface area contributed by atoms with Crippen LogP contribution in [0.4, 0.5) is 0 Å². The molecule has 1 saturated heterocycles. The van der Waals surface area contributed by atoms with Gasteiger partial charge in [0.15, 0.2) is 9.84 Å². The first-order chi connectivity index (χ1) is 9.47. The van der Waals surface area contributed by atoms with Gasteiger partial charge in [-0.15, -0.1) is 0 Å². The number of nitrogens with zero attached hydrogens (tertiary/aromatic N) is 2. The van der Waals surface area contributed by atoms with Crippen molar-refractivity contribution in [3.05, 3.63) is 23.9 Å². The number of carbonyl (C=O) groups is 1. The average Bonchev–Trinajstić information content (AvgIpc) is 2.38. The number of sulfone groups is 1. The van der Waals surface area contributed by atoms with E-state index < -0.39 is 15.1 Å². The van der Waals surface area contributed by atoms with Crippen molar-refractivity contribution in [1.82, 2.24) is 9.88 Å². The molecule has 7 heteroatoms. The van der Waals surface area contributed by atoms with Crippen LogP contribution in [0.15, 0.2) is 18.3 Å². The van der Waals surface area contributed by atoms with Crippen LogP contribution in [0.2, 0.25) is 0 Å². The maximum absolute atomic E-state index is 12.1. The Hall–Kier alpha value is -1.63. The number of ether oxygens (including phenoxy) is 1. The lowest BCUT2D eigenvalue weighted by Gasteiger charge is -2.38. The molecule has 0 spiro atoms. The van der Waals surface area contributed by atoms with Gasteiger partial charge in [-0.2, -0.15) is 0 Å². The fourth-order valence-electron chi connectivity index (χ4n) is 1.99. The van der Waals surface area contributed by atoms with E-state index in [-0.39, 0.29) is 24.7 Å². The van der Waals surface area contributed by atoms with Gasteiger partial charge in [0.2, 0.25) is 5.88 Å². The van der Waals surface area contributed by atoms with Crippen molar-refractivity contribution in [2.24, 2.45) is 0 Å². The Morgan fingerprint density at radius 2 is 2.10 bits per heavy atom. The molecule has 6 nitrogen and oxygen atoms in total. The first-order valence-corrected chi connectivity index (χ1v) is 8.29. The van der Waals surface area contributed by atoms with E-state index in [0.717, 1.165) is 0 Å². The zero-order valence-electron chi connectivity index (χ0n) is 11.6.